The van der Waals surface area contributed by atoms with Gasteiger partial charge in [0.05, 0.1) is 17.4 Å². The SMILES string of the molecule is CC(Cn1cc([N+](=O)[O-])cn1)C(=O)N1CCN(Cc2ccccc2Cl)CC1. The quantitative estimate of drug-likeness (QED) is 0.557. The molecule has 0 spiro atoms. The molecule has 2 heterocycles. The summed E-state index contributed by atoms with van der Waals surface area (Å²) in [7, 11) is 0. The molecule has 8 nitrogen and oxygen atoms in total. The number of benzene rings is 1. The number of halogens is 1. The Hall–Kier alpha value is -2.45. The van der Waals surface area contributed by atoms with Crippen LogP contribution in [0, 0.1) is 16.0 Å². The van der Waals surface area contributed by atoms with Gasteiger partial charge in [-0.15, -0.1) is 0 Å². The molecular weight excluding hydrogens is 370 g/mol. The van der Waals surface area contributed by atoms with E-state index in [0.29, 0.717) is 19.6 Å². The molecular formula is C18H22ClN5O3. The number of nitro groups is 1. The van der Waals surface area contributed by atoms with Gasteiger partial charge < -0.3 is 4.90 Å². The molecule has 2 aromatic rings. The normalized spacial score (nSPS) is 16.3. The standard InChI is InChI=1S/C18H22ClN5O3/c1-14(11-23-13-16(10-20-23)24(26)27)18(25)22-8-6-21(7-9-22)12-15-4-2-3-5-17(15)19/h2-5,10,13-14H,6-9,11-12H2,1H3. The second-order valence-corrected chi connectivity index (χ2v) is 7.18. The lowest BCUT2D eigenvalue weighted by atomic mass is 10.1. The van der Waals surface area contributed by atoms with Crippen LogP contribution in [0.25, 0.3) is 0 Å². The Morgan fingerprint density at radius 3 is 2.63 bits per heavy atom. The number of nitrogens with zero attached hydrogens (tertiary/aromatic N) is 5. The number of carbonyl (C=O) groups excluding carboxylic acids is 1. The molecule has 0 aliphatic carbocycles. The number of hydrogen-bond acceptors (Lipinski definition) is 5. The van der Waals surface area contributed by atoms with Gasteiger partial charge in [-0.2, -0.15) is 5.10 Å². The number of amides is 1. The fourth-order valence-electron chi connectivity index (χ4n) is 3.21. The van der Waals surface area contributed by atoms with Crippen molar-refractivity contribution in [3.63, 3.8) is 0 Å². The summed E-state index contributed by atoms with van der Waals surface area (Å²) in [6.07, 6.45) is 2.55. The molecule has 1 aromatic heterocycles. The minimum absolute atomic E-state index is 0.0468. The Labute approximate surface area is 162 Å². The summed E-state index contributed by atoms with van der Waals surface area (Å²) in [6, 6.07) is 7.80. The second-order valence-electron chi connectivity index (χ2n) is 6.77. The van der Waals surface area contributed by atoms with Gasteiger partial charge in [0.25, 0.3) is 0 Å². The van der Waals surface area contributed by atoms with E-state index >= 15 is 0 Å². The van der Waals surface area contributed by atoms with Crippen molar-refractivity contribution in [2.45, 2.75) is 20.0 Å². The van der Waals surface area contributed by atoms with E-state index in [1.165, 1.54) is 17.1 Å². The Kier molecular flexibility index (Phi) is 6.08. The average molecular weight is 392 g/mol. The maximum atomic E-state index is 12.7. The predicted molar refractivity (Wildman–Crippen MR) is 101 cm³/mol. The molecule has 1 aliphatic rings. The van der Waals surface area contributed by atoms with Crippen LogP contribution in [-0.4, -0.2) is 56.6 Å². The summed E-state index contributed by atoms with van der Waals surface area (Å²) in [4.78, 5) is 27.0. The van der Waals surface area contributed by atoms with Crippen LogP contribution in [-0.2, 0) is 17.9 Å². The smallest absolute Gasteiger partial charge is 0.306 e. The summed E-state index contributed by atoms with van der Waals surface area (Å²) in [5.74, 6) is -0.245. The number of piperazine rings is 1. The first kappa shape index (κ1) is 19.3. The van der Waals surface area contributed by atoms with Gasteiger partial charge in [-0.25, -0.2) is 0 Å². The summed E-state index contributed by atoms with van der Waals surface area (Å²) in [6.45, 7) is 5.82. The molecule has 0 bridgehead atoms. The van der Waals surface area contributed by atoms with Gasteiger partial charge >= 0.3 is 5.69 Å². The Bertz CT molecular complexity index is 817. The zero-order chi connectivity index (χ0) is 19.4. The first-order valence-electron chi connectivity index (χ1n) is 8.85. The molecule has 1 amide bonds. The average Bonchev–Trinajstić information content (AvgIpc) is 3.12. The van der Waals surface area contributed by atoms with E-state index in [9.17, 15) is 14.9 Å². The van der Waals surface area contributed by atoms with Crippen LogP contribution < -0.4 is 0 Å². The lowest BCUT2D eigenvalue weighted by molar-refractivity contribution is -0.385. The van der Waals surface area contributed by atoms with E-state index in [0.717, 1.165) is 30.2 Å². The van der Waals surface area contributed by atoms with E-state index in [-0.39, 0.29) is 17.5 Å². The second kappa shape index (κ2) is 8.49. The molecule has 9 heteroatoms. The number of rotatable bonds is 6. The molecule has 0 N–H and O–H groups in total. The van der Waals surface area contributed by atoms with Gasteiger partial charge in [-0.1, -0.05) is 36.7 Å². The number of carbonyl (C=O) groups is 1. The summed E-state index contributed by atoms with van der Waals surface area (Å²) in [5, 5.41) is 15.4. The van der Waals surface area contributed by atoms with E-state index in [4.69, 9.17) is 11.6 Å². The van der Waals surface area contributed by atoms with Crippen LogP contribution in [0.15, 0.2) is 36.7 Å². The Morgan fingerprint density at radius 2 is 2.00 bits per heavy atom. The highest BCUT2D eigenvalue weighted by atomic mass is 35.5. The minimum Gasteiger partial charge on any atom is -0.340 e. The zero-order valence-electron chi connectivity index (χ0n) is 15.1. The fraction of sp³-hybridized carbons (Fsp3) is 0.444. The monoisotopic (exact) mass is 391 g/mol. The van der Waals surface area contributed by atoms with Gasteiger partial charge in [0, 0.05) is 37.7 Å². The Morgan fingerprint density at radius 1 is 1.30 bits per heavy atom. The molecule has 1 saturated heterocycles. The minimum atomic E-state index is -0.492. The largest absolute Gasteiger partial charge is 0.340 e. The first-order valence-corrected chi connectivity index (χ1v) is 9.23. The van der Waals surface area contributed by atoms with Crippen molar-refractivity contribution in [2.75, 3.05) is 26.2 Å². The lowest BCUT2D eigenvalue weighted by Gasteiger charge is -2.36. The molecule has 1 unspecified atom stereocenters. The van der Waals surface area contributed by atoms with E-state index in [1.807, 2.05) is 36.1 Å². The molecule has 1 fully saturated rings. The fourth-order valence-corrected chi connectivity index (χ4v) is 3.41. The van der Waals surface area contributed by atoms with Gasteiger partial charge in [0.1, 0.15) is 12.4 Å². The van der Waals surface area contributed by atoms with Crippen molar-refractivity contribution in [3.8, 4) is 0 Å². The van der Waals surface area contributed by atoms with Crippen molar-refractivity contribution < 1.29 is 9.72 Å². The highest BCUT2D eigenvalue weighted by Gasteiger charge is 2.26. The highest BCUT2D eigenvalue weighted by molar-refractivity contribution is 6.31. The van der Waals surface area contributed by atoms with Gasteiger partial charge in [0.2, 0.25) is 5.91 Å². The van der Waals surface area contributed by atoms with Crippen LogP contribution in [0.5, 0.6) is 0 Å². The van der Waals surface area contributed by atoms with Gasteiger partial charge in [0.15, 0.2) is 0 Å². The maximum absolute atomic E-state index is 12.7. The molecule has 1 aromatic carbocycles. The molecule has 0 saturated carbocycles. The summed E-state index contributed by atoms with van der Waals surface area (Å²) in [5.41, 5.74) is 1.02. The predicted octanol–water partition coefficient (Wildman–Crippen LogP) is 2.43. The van der Waals surface area contributed by atoms with Crippen LogP contribution in [0.3, 0.4) is 0 Å². The number of aromatic nitrogens is 2. The lowest BCUT2D eigenvalue weighted by Crippen LogP contribution is -2.50. The third-order valence-electron chi connectivity index (χ3n) is 4.75. The van der Waals surface area contributed by atoms with E-state index in [2.05, 4.69) is 10.00 Å². The van der Waals surface area contributed by atoms with Crippen LogP contribution in [0.2, 0.25) is 5.02 Å². The van der Waals surface area contributed by atoms with E-state index < -0.39 is 4.92 Å². The molecule has 0 radical (unpaired) electrons. The van der Waals surface area contributed by atoms with E-state index in [1.54, 1.807) is 0 Å². The molecule has 27 heavy (non-hydrogen) atoms. The Balaban J connectivity index is 1.50. The summed E-state index contributed by atoms with van der Waals surface area (Å²) < 4.78 is 1.45. The van der Waals surface area contributed by atoms with Crippen LogP contribution in [0.4, 0.5) is 5.69 Å². The van der Waals surface area contributed by atoms with Crippen molar-refractivity contribution in [3.05, 3.63) is 57.4 Å². The topological polar surface area (TPSA) is 84.5 Å². The molecule has 144 valence electrons. The number of hydrogen-bond donors (Lipinski definition) is 0. The first-order chi connectivity index (χ1) is 12.9. The molecule has 3 rings (SSSR count). The molecule has 1 aliphatic heterocycles. The molecule has 1 atom stereocenters. The van der Waals surface area contributed by atoms with Crippen molar-refractivity contribution >= 4 is 23.2 Å². The van der Waals surface area contributed by atoms with Crippen molar-refractivity contribution in [1.82, 2.24) is 19.6 Å². The zero-order valence-corrected chi connectivity index (χ0v) is 15.9. The van der Waals surface area contributed by atoms with Gasteiger partial charge in [-0.05, 0) is 11.6 Å². The van der Waals surface area contributed by atoms with Gasteiger partial charge in [-0.3, -0.25) is 24.5 Å². The van der Waals surface area contributed by atoms with Crippen LogP contribution in [0.1, 0.15) is 12.5 Å². The maximum Gasteiger partial charge on any atom is 0.306 e. The summed E-state index contributed by atoms with van der Waals surface area (Å²) >= 11 is 6.22. The highest BCUT2D eigenvalue weighted by Crippen LogP contribution is 2.18. The van der Waals surface area contributed by atoms with Crippen molar-refractivity contribution in [2.24, 2.45) is 5.92 Å². The van der Waals surface area contributed by atoms with Crippen molar-refractivity contribution in [1.29, 1.82) is 0 Å². The van der Waals surface area contributed by atoms with Crippen LogP contribution >= 0.6 is 11.6 Å². The third-order valence-corrected chi connectivity index (χ3v) is 5.12. The third kappa shape index (κ3) is 4.84.